The Morgan fingerprint density at radius 1 is 1.21 bits per heavy atom. The van der Waals surface area contributed by atoms with E-state index in [1.54, 1.807) is 4.90 Å². The molecule has 0 bridgehead atoms. The number of benzene rings is 2. The number of amides is 1. The Labute approximate surface area is 144 Å². The molecule has 0 spiro atoms. The van der Waals surface area contributed by atoms with E-state index in [9.17, 15) is 4.79 Å². The number of ether oxygens (including phenoxy) is 1. The van der Waals surface area contributed by atoms with E-state index in [1.807, 2.05) is 50.2 Å². The summed E-state index contributed by atoms with van der Waals surface area (Å²) in [5.41, 5.74) is 3.18. The molecule has 122 valence electrons. The van der Waals surface area contributed by atoms with Crippen LogP contribution < -0.4 is 9.64 Å². The van der Waals surface area contributed by atoms with E-state index in [1.165, 1.54) is 0 Å². The molecule has 0 saturated carbocycles. The van der Waals surface area contributed by atoms with Crippen LogP contribution in [0, 0.1) is 13.8 Å². The van der Waals surface area contributed by atoms with E-state index in [4.69, 9.17) is 20.8 Å². The van der Waals surface area contributed by atoms with Crippen LogP contribution in [-0.2, 0) is 0 Å². The van der Waals surface area contributed by atoms with Crippen molar-refractivity contribution in [2.24, 2.45) is 0 Å². The van der Waals surface area contributed by atoms with Gasteiger partial charge in [0, 0.05) is 16.0 Å². The minimum atomic E-state index is -0.159. The van der Waals surface area contributed by atoms with Gasteiger partial charge in [-0.2, -0.15) is 0 Å². The summed E-state index contributed by atoms with van der Waals surface area (Å²) in [4.78, 5) is 14.8. The fraction of sp³-hybridized carbons (Fsp3) is 0.211. The number of rotatable bonds is 1. The van der Waals surface area contributed by atoms with Crippen LogP contribution in [0.2, 0.25) is 5.02 Å². The van der Waals surface area contributed by atoms with Gasteiger partial charge in [-0.25, -0.2) is 0 Å². The second-order valence-corrected chi connectivity index (χ2v) is 6.33. The molecule has 24 heavy (non-hydrogen) atoms. The number of hydrogen-bond acceptors (Lipinski definition) is 3. The molecular weight excluding hydrogens is 326 g/mol. The molecule has 0 unspecified atom stereocenters. The molecule has 5 heteroatoms. The van der Waals surface area contributed by atoms with Crippen LogP contribution in [0.15, 0.2) is 40.8 Å². The van der Waals surface area contributed by atoms with Gasteiger partial charge in [0.05, 0.1) is 12.2 Å². The first-order valence-corrected chi connectivity index (χ1v) is 8.17. The van der Waals surface area contributed by atoms with Gasteiger partial charge in [-0.05, 0) is 43.7 Å². The van der Waals surface area contributed by atoms with Gasteiger partial charge in [0.2, 0.25) is 0 Å². The SMILES string of the molecule is Cc1cc2oc(C(=O)N3CCOc4ccccc43)c(C)c2cc1Cl. The number of carbonyl (C=O) groups excluding carboxylic acids is 1. The Hall–Kier alpha value is -2.46. The number of hydrogen-bond donors (Lipinski definition) is 0. The molecule has 0 radical (unpaired) electrons. The number of anilines is 1. The highest BCUT2D eigenvalue weighted by Crippen LogP contribution is 2.35. The Kier molecular flexibility index (Phi) is 3.50. The summed E-state index contributed by atoms with van der Waals surface area (Å²) in [5.74, 6) is 0.904. The number of halogens is 1. The lowest BCUT2D eigenvalue weighted by atomic mass is 10.1. The Morgan fingerprint density at radius 2 is 2.00 bits per heavy atom. The van der Waals surface area contributed by atoms with E-state index in [0.29, 0.717) is 35.3 Å². The second-order valence-electron chi connectivity index (χ2n) is 5.93. The maximum atomic E-state index is 13.1. The molecular formula is C19H16ClNO3. The first kappa shape index (κ1) is 15.1. The van der Waals surface area contributed by atoms with Crippen LogP contribution in [0.3, 0.4) is 0 Å². The van der Waals surface area contributed by atoms with Crippen molar-refractivity contribution in [2.75, 3.05) is 18.1 Å². The standard InChI is InChI=1S/C19H16ClNO3/c1-11-9-17-13(10-14(11)20)12(2)18(24-17)19(22)21-7-8-23-16-6-4-3-5-15(16)21/h3-6,9-10H,7-8H2,1-2H3. The molecule has 4 rings (SSSR count). The van der Waals surface area contributed by atoms with Gasteiger partial charge in [-0.3, -0.25) is 9.69 Å². The molecule has 3 aromatic rings. The van der Waals surface area contributed by atoms with Crippen molar-refractivity contribution in [2.45, 2.75) is 13.8 Å². The van der Waals surface area contributed by atoms with E-state index in [2.05, 4.69) is 0 Å². The van der Waals surface area contributed by atoms with Gasteiger partial charge in [-0.1, -0.05) is 23.7 Å². The minimum Gasteiger partial charge on any atom is -0.490 e. The molecule has 0 atom stereocenters. The lowest BCUT2D eigenvalue weighted by molar-refractivity contribution is 0.0951. The summed E-state index contributed by atoms with van der Waals surface area (Å²) < 4.78 is 11.5. The van der Waals surface area contributed by atoms with Crippen molar-refractivity contribution in [1.82, 2.24) is 0 Å². The highest BCUT2D eigenvalue weighted by molar-refractivity contribution is 6.32. The summed E-state index contributed by atoms with van der Waals surface area (Å²) in [7, 11) is 0. The normalized spacial score (nSPS) is 13.7. The van der Waals surface area contributed by atoms with Crippen LogP contribution in [0.4, 0.5) is 5.69 Å². The summed E-state index contributed by atoms with van der Waals surface area (Å²) in [6.45, 7) is 4.76. The van der Waals surface area contributed by atoms with E-state index in [-0.39, 0.29) is 5.91 Å². The molecule has 1 amide bonds. The van der Waals surface area contributed by atoms with Crippen LogP contribution in [0.5, 0.6) is 5.75 Å². The van der Waals surface area contributed by atoms with Crippen LogP contribution >= 0.6 is 11.6 Å². The van der Waals surface area contributed by atoms with Gasteiger partial charge in [0.1, 0.15) is 17.9 Å². The molecule has 0 saturated heterocycles. The first-order chi connectivity index (χ1) is 11.6. The summed E-state index contributed by atoms with van der Waals surface area (Å²) in [6.07, 6.45) is 0. The topological polar surface area (TPSA) is 42.7 Å². The number of furan rings is 1. The molecule has 4 nitrogen and oxygen atoms in total. The number of carbonyl (C=O) groups is 1. The van der Waals surface area contributed by atoms with E-state index < -0.39 is 0 Å². The lowest BCUT2D eigenvalue weighted by Gasteiger charge is -2.28. The molecule has 0 fully saturated rings. The Balaban J connectivity index is 1.81. The molecule has 0 aliphatic carbocycles. The van der Waals surface area contributed by atoms with Crippen molar-refractivity contribution in [3.8, 4) is 5.75 Å². The average Bonchev–Trinajstić information content (AvgIpc) is 2.90. The summed E-state index contributed by atoms with van der Waals surface area (Å²) in [5, 5.41) is 1.54. The van der Waals surface area contributed by atoms with Crippen molar-refractivity contribution >= 4 is 34.2 Å². The number of aryl methyl sites for hydroxylation is 2. The van der Waals surface area contributed by atoms with Gasteiger partial charge in [0.25, 0.3) is 5.91 Å². The third-order valence-electron chi connectivity index (χ3n) is 4.39. The maximum Gasteiger partial charge on any atom is 0.294 e. The molecule has 1 aromatic heterocycles. The predicted molar refractivity (Wildman–Crippen MR) is 94.3 cm³/mol. The number of nitrogens with zero attached hydrogens (tertiary/aromatic N) is 1. The smallest absolute Gasteiger partial charge is 0.294 e. The van der Waals surface area contributed by atoms with Crippen LogP contribution in [0.25, 0.3) is 11.0 Å². The maximum absolute atomic E-state index is 13.1. The number of fused-ring (bicyclic) bond motifs is 2. The fourth-order valence-corrected chi connectivity index (χ4v) is 3.21. The largest absolute Gasteiger partial charge is 0.490 e. The van der Waals surface area contributed by atoms with E-state index in [0.717, 1.165) is 22.2 Å². The molecule has 1 aliphatic rings. The molecule has 1 aliphatic heterocycles. The predicted octanol–water partition coefficient (Wildman–Crippen LogP) is 4.74. The molecule has 2 aromatic carbocycles. The first-order valence-electron chi connectivity index (χ1n) is 7.79. The van der Waals surface area contributed by atoms with Crippen LogP contribution in [-0.4, -0.2) is 19.1 Å². The van der Waals surface area contributed by atoms with Crippen molar-refractivity contribution in [3.63, 3.8) is 0 Å². The van der Waals surface area contributed by atoms with Crippen molar-refractivity contribution < 1.29 is 13.9 Å². The van der Waals surface area contributed by atoms with Gasteiger partial charge >= 0.3 is 0 Å². The van der Waals surface area contributed by atoms with Gasteiger partial charge < -0.3 is 9.15 Å². The van der Waals surface area contributed by atoms with Gasteiger partial charge in [0.15, 0.2) is 5.76 Å². The van der Waals surface area contributed by atoms with Crippen molar-refractivity contribution in [3.05, 3.63) is 58.3 Å². The van der Waals surface area contributed by atoms with Crippen molar-refractivity contribution in [1.29, 1.82) is 0 Å². The zero-order valence-corrected chi connectivity index (χ0v) is 14.2. The quantitative estimate of drug-likeness (QED) is 0.642. The average molecular weight is 342 g/mol. The van der Waals surface area contributed by atoms with E-state index >= 15 is 0 Å². The number of para-hydroxylation sites is 2. The molecule has 0 N–H and O–H groups in total. The Bertz CT molecular complexity index is 961. The van der Waals surface area contributed by atoms with Gasteiger partial charge in [-0.15, -0.1) is 0 Å². The third kappa shape index (κ3) is 2.26. The zero-order valence-electron chi connectivity index (χ0n) is 13.4. The second kappa shape index (κ2) is 5.56. The fourth-order valence-electron chi connectivity index (χ4n) is 3.05. The Morgan fingerprint density at radius 3 is 2.83 bits per heavy atom. The lowest BCUT2D eigenvalue weighted by Crippen LogP contribution is -2.38. The summed E-state index contributed by atoms with van der Waals surface area (Å²) >= 11 is 6.21. The summed E-state index contributed by atoms with van der Waals surface area (Å²) in [6, 6.07) is 11.3. The zero-order chi connectivity index (χ0) is 16.8. The monoisotopic (exact) mass is 341 g/mol. The molecule has 2 heterocycles. The third-order valence-corrected chi connectivity index (χ3v) is 4.79. The highest BCUT2D eigenvalue weighted by Gasteiger charge is 2.28. The minimum absolute atomic E-state index is 0.159. The van der Waals surface area contributed by atoms with Crippen LogP contribution in [0.1, 0.15) is 21.7 Å². The highest BCUT2D eigenvalue weighted by atomic mass is 35.5.